The molecule has 1 N–H and O–H groups in total. The third-order valence-electron chi connectivity index (χ3n) is 4.11. The van der Waals surface area contributed by atoms with Gasteiger partial charge in [-0.2, -0.15) is 0 Å². The minimum Gasteiger partial charge on any atom is -0.497 e. The first-order chi connectivity index (χ1) is 11.7. The molecular weight excluding hydrogens is 338 g/mol. The standard InChI is InChI=1S/C19H25NO4S/c1-13-10-15(3)18(12-14(13)2)24-9-8-20-25(21,22)19-7-6-17(23-5)11-16(19)4/h6-7,10-12,20H,8-9H2,1-5H3. The fraction of sp³-hybridized carbons (Fsp3) is 0.368. The van der Waals surface area contributed by atoms with Crippen LogP contribution >= 0.6 is 0 Å². The van der Waals surface area contributed by atoms with Crippen molar-refractivity contribution in [1.82, 2.24) is 4.72 Å². The third-order valence-corrected chi connectivity index (χ3v) is 5.74. The van der Waals surface area contributed by atoms with E-state index in [2.05, 4.69) is 17.7 Å². The molecule has 0 aliphatic carbocycles. The first kappa shape index (κ1) is 19.3. The van der Waals surface area contributed by atoms with Gasteiger partial charge in [0.25, 0.3) is 0 Å². The lowest BCUT2D eigenvalue weighted by Gasteiger charge is -2.13. The molecule has 25 heavy (non-hydrogen) atoms. The van der Waals surface area contributed by atoms with E-state index in [9.17, 15) is 8.42 Å². The summed E-state index contributed by atoms with van der Waals surface area (Å²) in [7, 11) is -2.03. The van der Waals surface area contributed by atoms with Crippen LogP contribution in [0.5, 0.6) is 11.5 Å². The molecule has 0 aliphatic heterocycles. The van der Waals surface area contributed by atoms with Crippen molar-refractivity contribution in [3.63, 3.8) is 0 Å². The Labute approximate surface area is 150 Å². The molecule has 0 saturated carbocycles. The number of nitrogens with one attached hydrogen (secondary N) is 1. The quantitative estimate of drug-likeness (QED) is 0.767. The highest BCUT2D eigenvalue weighted by molar-refractivity contribution is 7.89. The predicted octanol–water partition coefficient (Wildman–Crippen LogP) is 3.29. The van der Waals surface area contributed by atoms with Gasteiger partial charge in [0.05, 0.1) is 12.0 Å². The van der Waals surface area contributed by atoms with Gasteiger partial charge >= 0.3 is 0 Å². The molecule has 0 saturated heterocycles. The van der Waals surface area contributed by atoms with Gasteiger partial charge in [0.2, 0.25) is 10.0 Å². The van der Waals surface area contributed by atoms with Crippen molar-refractivity contribution in [3.8, 4) is 11.5 Å². The van der Waals surface area contributed by atoms with Gasteiger partial charge in [0, 0.05) is 6.54 Å². The van der Waals surface area contributed by atoms with Crippen LogP contribution in [0.4, 0.5) is 0 Å². The molecular formula is C19H25NO4S. The maximum Gasteiger partial charge on any atom is 0.240 e. The molecule has 0 radical (unpaired) electrons. The lowest BCUT2D eigenvalue weighted by Crippen LogP contribution is -2.28. The summed E-state index contributed by atoms with van der Waals surface area (Å²) < 4.78 is 38.2. The second-order valence-corrected chi connectivity index (χ2v) is 7.82. The van der Waals surface area contributed by atoms with Crippen molar-refractivity contribution in [2.24, 2.45) is 0 Å². The first-order valence-electron chi connectivity index (χ1n) is 8.09. The topological polar surface area (TPSA) is 64.6 Å². The van der Waals surface area contributed by atoms with Gasteiger partial charge in [0.1, 0.15) is 18.1 Å². The number of benzene rings is 2. The lowest BCUT2D eigenvalue weighted by atomic mass is 10.1. The highest BCUT2D eigenvalue weighted by Gasteiger charge is 2.16. The van der Waals surface area contributed by atoms with Crippen molar-refractivity contribution in [3.05, 3.63) is 52.6 Å². The van der Waals surface area contributed by atoms with E-state index in [-0.39, 0.29) is 18.0 Å². The normalized spacial score (nSPS) is 11.4. The molecule has 2 aromatic rings. The predicted molar refractivity (Wildman–Crippen MR) is 99.1 cm³/mol. The second kappa shape index (κ2) is 7.89. The summed E-state index contributed by atoms with van der Waals surface area (Å²) in [6.07, 6.45) is 0. The number of sulfonamides is 1. The summed E-state index contributed by atoms with van der Waals surface area (Å²) in [6, 6.07) is 8.92. The zero-order valence-electron chi connectivity index (χ0n) is 15.3. The maximum absolute atomic E-state index is 12.4. The molecule has 0 atom stereocenters. The Morgan fingerprint density at radius 2 is 1.60 bits per heavy atom. The van der Waals surface area contributed by atoms with E-state index in [4.69, 9.17) is 9.47 Å². The SMILES string of the molecule is COc1ccc(S(=O)(=O)NCCOc2cc(C)c(C)cc2C)c(C)c1. The molecule has 5 nitrogen and oxygen atoms in total. The van der Waals surface area contributed by atoms with Crippen molar-refractivity contribution >= 4 is 10.0 Å². The molecule has 2 aromatic carbocycles. The minimum absolute atomic E-state index is 0.195. The van der Waals surface area contributed by atoms with Crippen molar-refractivity contribution < 1.29 is 17.9 Å². The zero-order chi connectivity index (χ0) is 18.6. The van der Waals surface area contributed by atoms with Gasteiger partial charge in [0.15, 0.2) is 0 Å². The second-order valence-electron chi connectivity index (χ2n) is 6.08. The average Bonchev–Trinajstić information content (AvgIpc) is 2.55. The summed E-state index contributed by atoms with van der Waals surface area (Å²) >= 11 is 0. The van der Waals surface area contributed by atoms with E-state index >= 15 is 0 Å². The van der Waals surface area contributed by atoms with E-state index in [1.54, 1.807) is 32.2 Å². The average molecular weight is 363 g/mol. The molecule has 0 amide bonds. The summed E-state index contributed by atoms with van der Waals surface area (Å²) in [5, 5.41) is 0. The first-order valence-corrected chi connectivity index (χ1v) is 9.58. The fourth-order valence-electron chi connectivity index (χ4n) is 2.55. The summed E-state index contributed by atoms with van der Waals surface area (Å²) in [6.45, 7) is 8.25. The van der Waals surface area contributed by atoms with Crippen LogP contribution in [0, 0.1) is 27.7 Å². The van der Waals surface area contributed by atoms with Crippen LogP contribution in [0.25, 0.3) is 0 Å². The van der Waals surface area contributed by atoms with E-state index in [1.165, 1.54) is 5.56 Å². The van der Waals surface area contributed by atoms with Gasteiger partial charge in [-0.15, -0.1) is 0 Å². The van der Waals surface area contributed by atoms with Crippen LogP contribution in [0.2, 0.25) is 0 Å². The van der Waals surface area contributed by atoms with Crippen LogP contribution in [-0.2, 0) is 10.0 Å². The fourth-order valence-corrected chi connectivity index (χ4v) is 3.79. The van der Waals surface area contributed by atoms with Crippen LogP contribution < -0.4 is 14.2 Å². The van der Waals surface area contributed by atoms with E-state index in [1.807, 2.05) is 19.9 Å². The number of aryl methyl sites for hydroxylation is 4. The Kier molecular flexibility index (Phi) is 6.08. The third kappa shape index (κ3) is 4.74. The highest BCUT2D eigenvalue weighted by atomic mass is 32.2. The number of ether oxygens (including phenoxy) is 2. The summed E-state index contributed by atoms with van der Waals surface area (Å²) in [5.74, 6) is 1.41. The van der Waals surface area contributed by atoms with Gasteiger partial charge in [-0.25, -0.2) is 13.1 Å². The van der Waals surface area contributed by atoms with Crippen molar-refractivity contribution in [2.45, 2.75) is 32.6 Å². The maximum atomic E-state index is 12.4. The molecule has 2 rings (SSSR count). The van der Waals surface area contributed by atoms with Crippen LogP contribution in [0.1, 0.15) is 22.3 Å². The largest absolute Gasteiger partial charge is 0.497 e. The monoisotopic (exact) mass is 363 g/mol. The number of methoxy groups -OCH3 is 1. The van der Waals surface area contributed by atoms with Crippen molar-refractivity contribution in [1.29, 1.82) is 0 Å². The van der Waals surface area contributed by atoms with Crippen LogP contribution in [0.15, 0.2) is 35.2 Å². The molecule has 136 valence electrons. The van der Waals surface area contributed by atoms with E-state index in [0.717, 1.165) is 16.9 Å². The summed E-state index contributed by atoms with van der Waals surface area (Å²) in [5.41, 5.74) is 4.03. The van der Waals surface area contributed by atoms with Gasteiger partial charge in [-0.1, -0.05) is 6.07 Å². The van der Waals surface area contributed by atoms with Crippen molar-refractivity contribution in [2.75, 3.05) is 20.3 Å². The number of rotatable bonds is 7. The van der Waals surface area contributed by atoms with E-state index < -0.39 is 10.0 Å². The van der Waals surface area contributed by atoms with Gasteiger partial charge in [-0.05, 0) is 74.2 Å². The summed E-state index contributed by atoms with van der Waals surface area (Å²) in [4.78, 5) is 0.246. The number of hydrogen-bond acceptors (Lipinski definition) is 4. The molecule has 0 bridgehead atoms. The Morgan fingerprint density at radius 3 is 2.24 bits per heavy atom. The van der Waals surface area contributed by atoms with E-state index in [0.29, 0.717) is 11.3 Å². The lowest BCUT2D eigenvalue weighted by molar-refractivity contribution is 0.320. The smallest absolute Gasteiger partial charge is 0.240 e. The van der Waals surface area contributed by atoms with Crippen LogP contribution in [-0.4, -0.2) is 28.7 Å². The number of hydrogen-bond donors (Lipinski definition) is 1. The Bertz CT molecular complexity index is 860. The molecule has 0 aliphatic rings. The molecule has 0 spiro atoms. The van der Waals surface area contributed by atoms with Gasteiger partial charge < -0.3 is 9.47 Å². The minimum atomic E-state index is -3.58. The zero-order valence-corrected chi connectivity index (χ0v) is 16.2. The molecule has 0 heterocycles. The molecule has 0 aromatic heterocycles. The molecule has 6 heteroatoms. The van der Waals surface area contributed by atoms with Gasteiger partial charge in [-0.3, -0.25) is 0 Å². The Balaban J connectivity index is 1.98. The highest BCUT2D eigenvalue weighted by Crippen LogP contribution is 2.23. The Morgan fingerprint density at radius 1 is 0.920 bits per heavy atom. The molecule has 0 fully saturated rings. The Hall–Kier alpha value is -2.05. The van der Waals surface area contributed by atoms with Crippen LogP contribution in [0.3, 0.4) is 0 Å². The molecule has 0 unspecified atom stereocenters.